The van der Waals surface area contributed by atoms with Crippen LogP contribution in [0.15, 0.2) is 23.8 Å². The SMILES string of the molecule is CC[C@H](C)C(=O)O[C@H]1CCC=C2C=C[C@H](C)C(C)C21. The lowest BCUT2D eigenvalue weighted by atomic mass is 9.69. The Labute approximate surface area is 116 Å². The second-order valence-corrected chi connectivity index (χ2v) is 6.17. The molecule has 106 valence electrons. The molecule has 0 aromatic rings. The molecule has 0 N–H and O–H groups in total. The number of hydrogen-bond acceptors (Lipinski definition) is 2. The average molecular weight is 262 g/mol. The highest BCUT2D eigenvalue weighted by atomic mass is 16.5. The van der Waals surface area contributed by atoms with Crippen molar-refractivity contribution < 1.29 is 9.53 Å². The largest absolute Gasteiger partial charge is 0.461 e. The lowest BCUT2D eigenvalue weighted by Crippen LogP contribution is -2.38. The number of allylic oxidation sites excluding steroid dienone is 3. The molecular formula is C17H26O2. The summed E-state index contributed by atoms with van der Waals surface area (Å²) in [7, 11) is 0. The zero-order valence-electron chi connectivity index (χ0n) is 12.6. The summed E-state index contributed by atoms with van der Waals surface area (Å²) in [4.78, 5) is 12.0. The van der Waals surface area contributed by atoms with Crippen molar-refractivity contribution in [1.29, 1.82) is 0 Å². The second kappa shape index (κ2) is 5.94. The number of esters is 1. The Morgan fingerprint density at radius 3 is 2.89 bits per heavy atom. The number of rotatable bonds is 3. The first kappa shape index (κ1) is 14.4. The van der Waals surface area contributed by atoms with Crippen LogP contribution < -0.4 is 0 Å². The van der Waals surface area contributed by atoms with Crippen LogP contribution in [0.3, 0.4) is 0 Å². The molecule has 2 heteroatoms. The third kappa shape index (κ3) is 2.93. The summed E-state index contributed by atoms with van der Waals surface area (Å²) >= 11 is 0. The first-order chi connectivity index (χ1) is 9.04. The standard InChI is InChI=1S/C17H26O2/c1-5-11(2)17(18)19-15-8-6-7-14-10-9-12(3)13(4)16(14)15/h7,9-13,15-16H,5-6,8H2,1-4H3/t11-,12-,13?,15-,16?/m0/s1. The van der Waals surface area contributed by atoms with Crippen LogP contribution in [0.25, 0.3) is 0 Å². The van der Waals surface area contributed by atoms with Gasteiger partial charge in [0.05, 0.1) is 5.92 Å². The van der Waals surface area contributed by atoms with Crippen LogP contribution in [0, 0.1) is 23.7 Å². The van der Waals surface area contributed by atoms with Crippen molar-refractivity contribution in [3.63, 3.8) is 0 Å². The number of hydrogen-bond donors (Lipinski definition) is 0. The summed E-state index contributed by atoms with van der Waals surface area (Å²) in [5.74, 6) is 1.49. The van der Waals surface area contributed by atoms with Crippen LogP contribution in [-0.2, 0) is 9.53 Å². The Kier molecular flexibility index (Phi) is 4.49. The van der Waals surface area contributed by atoms with E-state index in [0.717, 1.165) is 19.3 Å². The van der Waals surface area contributed by atoms with E-state index in [9.17, 15) is 4.79 Å². The average Bonchev–Trinajstić information content (AvgIpc) is 2.42. The monoisotopic (exact) mass is 262 g/mol. The summed E-state index contributed by atoms with van der Waals surface area (Å²) in [6.45, 7) is 8.52. The molecule has 0 fully saturated rings. The van der Waals surface area contributed by atoms with Gasteiger partial charge in [-0.25, -0.2) is 0 Å². The van der Waals surface area contributed by atoms with Gasteiger partial charge in [-0.05, 0) is 36.7 Å². The van der Waals surface area contributed by atoms with Crippen LogP contribution in [0.1, 0.15) is 47.0 Å². The highest BCUT2D eigenvalue weighted by Gasteiger charge is 2.37. The molecule has 0 aromatic heterocycles. The smallest absolute Gasteiger partial charge is 0.308 e. The third-order valence-electron chi connectivity index (χ3n) is 4.89. The van der Waals surface area contributed by atoms with Gasteiger partial charge in [0.15, 0.2) is 0 Å². The van der Waals surface area contributed by atoms with Crippen molar-refractivity contribution in [2.45, 2.75) is 53.1 Å². The first-order valence-corrected chi connectivity index (χ1v) is 7.63. The van der Waals surface area contributed by atoms with Crippen LogP contribution >= 0.6 is 0 Å². The Morgan fingerprint density at radius 1 is 1.47 bits per heavy atom. The quantitative estimate of drug-likeness (QED) is 0.715. The normalized spacial score (nSPS) is 35.3. The number of ether oxygens (including phenoxy) is 1. The Hall–Kier alpha value is -1.05. The maximum Gasteiger partial charge on any atom is 0.308 e. The molecule has 0 saturated carbocycles. The maximum atomic E-state index is 12.0. The Morgan fingerprint density at radius 2 is 2.21 bits per heavy atom. The zero-order chi connectivity index (χ0) is 14.0. The molecule has 2 aliphatic carbocycles. The highest BCUT2D eigenvalue weighted by Crippen LogP contribution is 2.41. The van der Waals surface area contributed by atoms with E-state index in [1.165, 1.54) is 5.57 Å². The first-order valence-electron chi connectivity index (χ1n) is 7.63. The van der Waals surface area contributed by atoms with Crippen molar-refractivity contribution in [2.75, 3.05) is 0 Å². The molecule has 2 rings (SSSR count). The van der Waals surface area contributed by atoms with Crippen molar-refractivity contribution >= 4 is 5.97 Å². The molecule has 2 unspecified atom stereocenters. The number of fused-ring (bicyclic) bond motifs is 1. The van der Waals surface area contributed by atoms with E-state index in [-0.39, 0.29) is 18.0 Å². The molecule has 0 aromatic carbocycles. The van der Waals surface area contributed by atoms with E-state index in [2.05, 4.69) is 32.1 Å². The van der Waals surface area contributed by atoms with Gasteiger partial charge in [0.25, 0.3) is 0 Å². The molecule has 0 radical (unpaired) electrons. The van der Waals surface area contributed by atoms with Crippen molar-refractivity contribution in [3.05, 3.63) is 23.8 Å². The van der Waals surface area contributed by atoms with Gasteiger partial charge in [0.2, 0.25) is 0 Å². The predicted octanol–water partition coefficient (Wildman–Crippen LogP) is 4.12. The van der Waals surface area contributed by atoms with Gasteiger partial charge >= 0.3 is 5.97 Å². The summed E-state index contributed by atoms with van der Waals surface area (Å²) in [6.07, 6.45) is 9.76. The summed E-state index contributed by atoms with van der Waals surface area (Å²) < 4.78 is 5.82. The van der Waals surface area contributed by atoms with Gasteiger partial charge in [-0.3, -0.25) is 4.79 Å². The molecule has 0 bridgehead atoms. The van der Waals surface area contributed by atoms with Gasteiger partial charge in [-0.1, -0.05) is 45.9 Å². The minimum Gasteiger partial charge on any atom is -0.461 e. The molecule has 2 nitrogen and oxygen atoms in total. The fourth-order valence-corrected chi connectivity index (χ4v) is 3.10. The van der Waals surface area contributed by atoms with Crippen LogP contribution in [0.5, 0.6) is 0 Å². The van der Waals surface area contributed by atoms with Gasteiger partial charge in [0.1, 0.15) is 6.10 Å². The van der Waals surface area contributed by atoms with Crippen LogP contribution in [-0.4, -0.2) is 12.1 Å². The van der Waals surface area contributed by atoms with Crippen LogP contribution in [0.2, 0.25) is 0 Å². The van der Waals surface area contributed by atoms with Crippen molar-refractivity contribution in [1.82, 2.24) is 0 Å². The lowest BCUT2D eigenvalue weighted by Gasteiger charge is -2.40. The second-order valence-electron chi connectivity index (χ2n) is 6.17. The number of carbonyl (C=O) groups is 1. The highest BCUT2D eigenvalue weighted by molar-refractivity contribution is 5.72. The van der Waals surface area contributed by atoms with Crippen molar-refractivity contribution in [2.24, 2.45) is 23.7 Å². The van der Waals surface area contributed by atoms with Crippen LogP contribution in [0.4, 0.5) is 0 Å². The van der Waals surface area contributed by atoms with Gasteiger partial charge in [-0.2, -0.15) is 0 Å². The van der Waals surface area contributed by atoms with Gasteiger partial charge in [0, 0.05) is 5.92 Å². The van der Waals surface area contributed by atoms with Gasteiger partial charge in [-0.15, -0.1) is 0 Å². The molecule has 0 heterocycles. The van der Waals surface area contributed by atoms with E-state index in [4.69, 9.17) is 4.74 Å². The molecular weight excluding hydrogens is 236 g/mol. The Balaban J connectivity index is 2.12. The van der Waals surface area contributed by atoms with Gasteiger partial charge < -0.3 is 4.74 Å². The molecule has 0 aliphatic heterocycles. The fourth-order valence-electron chi connectivity index (χ4n) is 3.10. The summed E-state index contributed by atoms with van der Waals surface area (Å²) in [5.41, 5.74) is 1.37. The molecule has 19 heavy (non-hydrogen) atoms. The minimum atomic E-state index is -0.0249. The fraction of sp³-hybridized carbons (Fsp3) is 0.706. The van der Waals surface area contributed by atoms with E-state index >= 15 is 0 Å². The maximum absolute atomic E-state index is 12.0. The topological polar surface area (TPSA) is 26.3 Å². The third-order valence-corrected chi connectivity index (χ3v) is 4.89. The molecule has 5 atom stereocenters. The Bertz CT molecular complexity index is 394. The molecule has 0 saturated heterocycles. The molecule has 0 spiro atoms. The zero-order valence-corrected chi connectivity index (χ0v) is 12.6. The minimum absolute atomic E-state index is 0.0150. The van der Waals surface area contributed by atoms with E-state index in [0.29, 0.717) is 17.8 Å². The van der Waals surface area contributed by atoms with E-state index in [1.54, 1.807) is 0 Å². The summed E-state index contributed by atoms with van der Waals surface area (Å²) in [6, 6.07) is 0. The number of carbonyl (C=O) groups excluding carboxylic acids is 1. The summed E-state index contributed by atoms with van der Waals surface area (Å²) in [5, 5.41) is 0. The predicted molar refractivity (Wildman–Crippen MR) is 77.6 cm³/mol. The van der Waals surface area contributed by atoms with E-state index < -0.39 is 0 Å². The molecule has 0 amide bonds. The molecule has 2 aliphatic rings. The van der Waals surface area contributed by atoms with E-state index in [1.807, 2.05) is 13.8 Å². The van der Waals surface area contributed by atoms with Crippen molar-refractivity contribution in [3.8, 4) is 0 Å². The lowest BCUT2D eigenvalue weighted by molar-refractivity contribution is -0.157.